The molecule has 2 aromatic carbocycles. The summed E-state index contributed by atoms with van der Waals surface area (Å²) >= 11 is 29.2. The van der Waals surface area contributed by atoms with E-state index in [2.05, 4.69) is 16.0 Å². The van der Waals surface area contributed by atoms with Gasteiger partial charge in [-0.15, -0.1) is 0 Å². The first-order valence-corrected chi connectivity index (χ1v) is 9.35. The summed E-state index contributed by atoms with van der Waals surface area (Å²) < 4.78 is -1.85. The third-order valence-corrected chi connectivity index (χ3v) is 4.48. The molecule has 0 unspecified atom stereocenters. The normalized spacial score (nSPS) is 12.2. The van der Waals surface area contributed by atoms with Crippen LogP contribution in [-0.4, -0.2) is 21.0 Å². The second-order valence-electron chi connectivity index (χ2n) is 5.40. The zero-order chi connectivity index (χ0) is 19.3. The van der Waals surface area contributed by atoms with Crippen molar-refractivity contribution in [3.8, 4) is 0 Å². The fourth-order valence-corrected chi connectivity index (χ4v) is 2.86. The van der Waals surface area contributed by atoms with Gasteiger partial charge in [-0.25, -0.2) is 0 Å². The first-order valence-electron chi connectivity index (χ1n) is 7.43. The van der Waals surface area contributed by atoms with Gasteiger partial charge in [0.25, 0.3) is 5.91 Å². The minimum atomic E-state index is -1.85. The van der Waals surface area contributed by atoms with Crippen molar-refractivity contribution in [2.24, 2.45) is 0 Å². The lowest BCUT2D eigenvalue weighted by atomic mass is 10.2. The molecule has 0 aliphatic rings. The number of aryl methyl sites for hydroxylation is 1. The Morgan fingerprint density at radius 1 is 1.08 bits per heavy atom. The zero-order valence-electron chi connectivity index (χ0n) is 13.5. The van der Waals surface area contributed by atoms with Gasteiger partial charge in [-0.1, -0.05) is 70.7 Å². The van der Waals surface area contributed by atoms with Crippen molar-refractivity contribution in [1.82, 2.24) is 10.6 Å². The largest absolute Gasteiger partial charge is 0.339 e. The highest BCUT2D eigenvalue weighted by molar-refractivity contribution is 7.80. The van der Waals surface area contributed by atoms with Gasteiger partial charge in [-0.2, -0.15) is 0 Å². The summed E-state index contributed by atoms with van der Waals surface area (Å²) in [5.74, 6) is -0.502. The van der Waals surface area contributed by atoms with Crippen molar-refractivity contribution >= 4 is 75.3 Å². The van der Waals surface area contributed by atoms with Crippen LogP contribution in [0.4, 0.5) is 5.69 Å². The van der Waals surface area contributed by atoms with Gasteiger partial charge in [0.05, 0.1) is 10.6 Å². The number of rotatable bonds is 4. The molecule has 0 spiro atoms. The first-order chi connectivity index (χ1) is 12.2. The molecule has 1 amide bonds. The molecule has 0 fully saturated rings. The molecule has 0 saturated carbocycles. The summed E-state index contributed by atoms with van der Waals surface area (Å²) in [5.41, 5.74) is 2.08. The van der Waals surface area contributed by atoms with Crippen LogP contribution in [0, 0.1) is 6.92 Å². The Hall–Kier alpha value is -1.24. The SMILES string of the molecule is Cc1cccc(NC(=S)N[C@H](NC(=O)c2ccccc2Cl)C(Cl)(Cl)Cl)c1. The summed E-state index contributed by atoms with van der Waals surface area (Å²) in [6, 6.07) is 14.1. The molecule has 1 atom stereocenters. The van der Waals surface area contributed by atoms with E-state index in [1.54, 1.807) is 24.3 Å². The average Bonchev–Trinajstić information content (AvgIpc) is 2.53. The van der Waals surface area contributed by atoms with Gasteiger partial charge < -0.3 is 16.0 Å². The van der Waals surface area contributed by atoms with Gasteiger partial charge in [0.2, 0.25) is 3.79 Å². The van der Waals surface area contributed by atoms with Crippen molar-refractivity contribution in [3.05, 3.63) is 64.7 Å². The summed E-state index contributed by atoms with van der Waals surface area (Å²) in [4.78, 5) is 12.4. The summed E-state index contributed by atoms with van der Waals surface area (Å²) in [6.45, 7) is 1.95. The minimum absolute atomic E-state index is 0.186. The van der Waals surface area contributed by atoms with Crippen molar-refractivity contribution in [3.63, 3.8) is 0 Å². The number of nitrogens with one attached hydrogen (secondary N) is 3. The van der Waals surface area contributed by atoms with Crippen molar-refractivity contribution in [1.29, 1.82) is 0 Å². The molecule has 9 heteroatoms. The molecule has 3 N–H and O–H groups in total. The van der Waals surface area contributed by atoms with E-state index >= 15 is 0 Å². The molecule has 138 valence electrons. The molecule has 0 heterocycles. The fourth-order valence-electron chi connectivity index (χ4n) is 2.08. The van der Waals surface area contributed by atoms with Gasteiger partial charge in [0.15, 0.2) is 5.11 Å². The minimum Gasteiger partial charge on any atom is -0.339 e. The molecule has 0 radical (unpaired) electrons. The predicted octanol–water partition coefficient (Wildman–Crippen LogP) is 5.06. The van der Waals surface area contributed by atoms with E-state index in [0.717, 1.165) is 11.3 Å². The molecule has 0 bridgehead atoms. The lowest BCUT2D eigenvalue weighted by Gasteiger charge is -2.28. The molecule has 0 saturated heterocycles. The maximum absolute atomic E-state index is 12.4. The van der Waals surface area contributed by atoms with E-state index in [9.17, 15) is 4.79 Å². The number of alkyl halides is 3. The van der Waals surface area contributed by atoms with Crippen LogP contribution in [0.15, 0.2) is 48.5 Å². The van der Waals surface area contributed by atoms with Gasteiger partial charge in [0.1, 0.15) is 6.17 Å². The van der Waals surface area contributed by atoms with Crippen LogP contribution in [-0.2, 0) is 0 Å². The van der Waals surface area contributed by atoms with Crippen LogP contribution in [0.1, 0.15) is 15.9 Å². The lowest BCUT2D eigenvalue weighted by Crippen LogP contribution is -2.56. The summed E-state index contributed by atoms with van der Waals surface area (Å²) in [7, 11) is 0. The Kier molecular flexibility index (Phi) is 7.38. The molecule has 4 nitrogen and oxygen atoms in total. The van der Waals surface area contributed by atoms with Crippen LogP contribution >= 0.6 is 58.6 Å². The second-order valence-corrected chi connectivity index (χ2v) is 8.58. The number of hydrogen-bond acceptors (Lipinski definition) is 2. The number of halogens is 4. The van der Waals surface area contributed by atoms with Crippen LogP contribution < -0.4 is 16.0 Å². The molecule has 0 aliphatic carbocycles. The number of amides is 1. The van der Waals surface area contributed by atoms with Gasteiger partial charge in [0, 0.05) is 5.69 Å². The second kappa shape index (κ2) is 9.11. The number of anilines is 1. The number of thiocarbonyl (C=S) groups is 1. The zero-order valence-corrected chi connectivity index (χ0v) is 17.4. The maximum Gasteiger partial charge on any atom is 0.254 e. The van der Waals surface area contributed by atoms with E-state index in [-0.39, 0.29) is 15.7 Å². The van der Waals surface area contributed by atoms with Crippen molar-refractivity contribution in [2.45, 2.75) is 16.9 Å². The number of hydrogen-bond donors (Lipinski definition) is 3. The fraction of sp³-hybridized carbons (Fsp3) is 0.176. The van der Waals surface area contributed by atoms with E-state index in [1.807, 2.05) is 31.2 Å². The number of carbonyl (C=O) groups is 1. The van der Waals surface area contributed by atoms with Crippen LogP contribution in [0.3, 0.4) is 0 Å². The van der Waals surface area contributed by atoms with E-state index in [1.165, 1.54) is 0 Å². The highest BCUT2D eigenvalue weighted by atomic mass is 35.6. The Balaban J connectivity index is 2.09. The lowest BCUT2D eigenvalue weighted by molar-refractivity contribution is 0.0934. The number of carbonyl (C=O) groups excluding carboxylic acids is 1. The average molecular weight is 451 g/mol. The van der Waals surface area contributed by atoms with E-state index in [4.69, 9.17) is 58.6 Å². The summed E-state index contributed by atoms with van der Waals surface area (Å²) in [5, 5.41) is 8.83. The quantitative estimate of drug-likeness (QED) is 0.346. The molecular formula is C17H15Cl4N3OS. The smallest absolute Gasteiger partial charge is 0.254 e. The highest BCUT2D eigenvalue weighted by Crippen LogP contribution is 2.29. The molecular weight excluding hydrogens is 436 g/mol. The maximum atomic E-state index is 12.4. The first kappa shape index (κ1) is 21.1. The third kappa shape index (κ3) is 6.18. The van der Waals surface area contributed by atoms with Gasteiger partial charge in [-0.3, -0.25) is 4.79 Å². The molecule has 0 aliphatic heterocycles. The highest BCUT2D eigenvalue weighted by Gasteiger charge is 2.35. The van der Waals surface area contributed by atoms with Crippen LogP contribution in [0.5, 0.6) is 0 Å². The van der Waals surface area contributed by atoms with E-state index in [0.29, 0.717) is 0 Å². The molecule has 0 aromatic heterocycles. The predicted molar refractivity (Wildman–Crippen MR) is 114 cm³/mol. The van der Waals surface area contributed by atoms with Crippen molar-refractivity contribution in [2.75, 3.05) is 5.32 Å². The van der Waals surface area contributed by atoms with Crippen LogP contribution in [0.2, 0.25) is 5.02 Å². The summed E-state index contributed by atoms with van der Waals surface area (Å²) in [6.07, 6.45) is -1.08. The third-order valence-electron chi connectivity index (χ3n) is 3.27. The Morgan fingerprint density at radius 2 is 1.77 bits per heavy atom. The Bertz CT molecular complexity index is 811. The Morgan fingerprint density at radius 3 is 2.38 bits per heavy atom. The monoisotopic (exact) mass is 449 g/mol. The number of benzene rings is 2. The molecule has 26 heavy (non-hydrogen) atoms. The standard InChI is InChI=1S/C17H15Cl4N3OS/c1-10-5-4-6-11(9-10)22-16(26)24-15(17(19,20)21)23-14(25)12-7-2-3-8-13(12)18/h2-9,15H,1H3,(H,23,25)(H2,22,24,26)/t15-/m0/s1. The molecule has 2 aromatic rings. The van der Waals surface area contributed by atoms with Gasteiger partial charge in [-0.05, 0) is 49.0 Å². The van der Waals surface area contributed by atoms with Crippen molar-refractivity contribution < 1.29 is 4.79 Å². The van der Waals surface area contributed by atoms with E-state index < -0.39 is 15.9 Å². The van der Waals surface area contributed by atoms with Gasteiger partial charge >= 0.3 is 0 Å². The topological polar surface area (TPSA) is 53.2 Å². The Labute approximate surface area is 177 Å². The molecule has 2 rings (SSSR count). The van der Waals surface area contributed by atoms with Crippen LogP contribution in [0.25, 0.3) is 0 Å².